The normalized spacial score (nSPS) is 15.0. The molecule has 3 atom stereocenters. The highest BCUT2D eigenvalue weighted by molar-refractivity contribution is 6.76. The second kappa shape index (κ2) is 9.49. The fourth-order valence-corrected chi connectivity index (χ4v) is 2.71. The van der Waals surface area contributed by atoms with Gasteiger partial charge in [-0.2, -0.15) is 0 Å². The van der Waals surface area contributed by atoms with E-state index >= 15 is 0 Å². The van der Waals surface area contributed by atoms with Gasteiger partial charge >= 0.3 is 12.1 Å². The van der Waals surface area contributed by atoms with Gasteiger partial charge in [0, 0.05) is 8.07 Å². The zero-order chi connectivity index (χ0) is 18.2. The number of esters is 1. The van der Waals surface area contributed by atoms with Gasteiger partial charge < -0.3 is 19.6 Å². The number of ether oxygens (including phenoxy) is 2. The number of aldehydes is 1. The van der Waals surface area contributed by atoms with Crippen molar-refractivity contribution in [1.29, 1.82) is 0 Å². The second-order valence-corrected chi connectivity index (χ2v) is 12.6. The van der Waals surface area contributed by atoms with Gasteiger partial charge in [0.1, 0.15) is 6.29 Å². The summed E-state index contributed by atoms with van der Waals surface area (Å²) in [6, 6.07) is 0.0896. The average Bonchev–Trinajstić information content (AvgIpc) is 2.43. The zero-order valence-corrected chi connectivity index (χ0v) is 16.0. The molecule has 0 unspecified atom stereocenters. The van der Waals surface area contributed by atoms with E-state index in [1.54, 1.807) is 13.8 Å². The highest BCUT2D eigenvalue weighted by Gasteiger charge is 2.34. The molecule has 0 saturated heterocycles. The van der Waals surface area contributed by atoms with Crippen LogP contribution in [-0.2, 0) is 19.1 Å². The van der Waals surface area contributed by atoms with E-state index in [2.05, 4.69) is 31.5 Å². The number of nitrogens with one attached hydrogen (secondary N) is 1. The summed E-state index contributed by atoms with van der Waals surface area (Å²) in [4.78, 5) is 35.1. The molecule has 0 aromatic carbocycles. The molecule has 0 spiro atoms. The van der Waals surface area contributed by atoms with Gasteiger partial charge in [0.2, 0.25) is 0 Å². The smallest absolute Gasteiger partial charge is 0.407 e. The highest BCUT2D eigenvalue weighted by Crippen LogP contribution is 2.19. The molecular formula is C16H29NO5Si. The molecule has 23 heavy (non-hydrogen) atoms. The topological polar surface area (TPSA) is 81.7 Å². The minimum Gasteiger partial charge on any atom is -0.469 e. The lowest BCUT2D eigenvalue weighted by atomic mass is 9.86. The minimum atomic E-state index is -1.31. The monoisotopic (exact) mass is 343 g/mol. The maximum absolute atomic E-state index is 12.0. The summed E-state index contributed by atoms with van der Waals surface area (Å²) in [7, 11) is -0.0427. The van der Waals surface area contributed by atoms with Crippen molar-refractivity contribution in [3.05, 3.63) is 12.2 Å². The zero-order valence-electron chi connectivity index (χ0n) is 15.0. The Balaban J connectivity index is 4.94. The predicted molar refractivity (Wildman–Crippen MR) is 92.0 cm³/mol. The Hall–Kier alpha value is -1.63. The van der Waals surface area contributed by atoms with E-state index in [0.29, 0.717) is 18.5 Å². The van der Waals surface area contributed by atoms with Crippen molar-refractivity contribution < 1.29 is 23.9 Å². The first-order chi connectivity index (χ1) is 10.5. The molecule has 0 aliphatic carbocycles. The third-order valence-corrected chi connectivity index (χ3v) is 5.29. The van der Waals surface area contributed by atoms with E-state index in [0.717, 1.165) is 6.04 Å². The number of hydrogen-bond acceptors (Lipinski definition) is 5. The Bertz CT molecular complexity index is 444. The fraction of sp³-hybridized carbons (Fsp3) is 0.688. The maximum Gasteiger partial charge on any atom is 0.407 e. The van der Waals surface area contributed by atoms with Gasteiger partial charge in [0.15, 0.2) is 0 Å². The Labute approximate surface area is 139 Å². The second-order valence-electron chi connectivity index (χ2n) is 6.94. The predicted octanol–water partition coefficient (Wildman–Crippen LogP) is 2.62. The van der Waals surface area contributed by atoms with Crippen LogP contribution >= 0.6 is 0 Å². The van der Waals surface area contributed by atoms with Crippen molar-refractivity contribution in [2.24, 2.45) is 11.8 Å². The number of carbonyl (C=O) groups excluding carboxylic acids is 3. The molecule has 7 heteroatoms. The molecule has 0 rings (SSSR count). The quantitative estimate of drug-likeness (QED) is 0.301. The molecular weight excluding hydrogens is 314 g/mol. The third-order valence-electron chi connectivity index (χ3n) is 3.58. The van der Waals surface area contributed by atoms with E-state index in [-0.39, 0.29) is 0 Å². The Morgan fingerprint density at radius 3 is 2.26 bits per heavy atom. The summed E-state index contributed by atoms with van der Waals surface area (Å²) in [6.07, 6.45) is 0.0338. The highest BCUT2D eigenvalue weighted by atomic mass is 28.3. The lowest BCUT2D eigenvalue weighted by Gasteiger charge is -2.28. The van der Waals surface area contributed by atoms with Crippen LogP contribution in [0.15, 0.2) is 12.2 Å². The standard InChI is InChI=1S/C16H29NO5Si/c1-11(2)13(10-18)14(12(3)15(19)21-4)17-16(20)22-8-9-23(5,6)7/h10,12-14H,1,8-9H2,2-7H3,(H,17,20)/t12-,13+,14-/m1/s1. The summed E-state index contributed by atoms with van der Waals surface area (Å²) in [5.74, 6) is -1.89. The number of rotatable bonds is 9. The van der Waals surface area contributed by atoms with Crippen molar-refractivity contribution in [3.63, 3.8) is 0 Å². The first kappa shape index (κ1) is 21.4. The summed E-state index contributed by atoms with van der Waals surface area (Å²) in [5.41, 5.74) is 0.558. The van der Waals surface area contributed by atoms with Crippen molar-refractivity contribution in [3.8, 4) is 0 Å². The van der Waals surface area contributed by atoms with E-state index < -0.39 is 38.0 Å². The van der Waals surface area contributed by atoms with Crippen molar-refractivity contribution >= 4 is 26.4 Å². The molecule has 0 aromatic heterocycles. The van der Waals surface area contributed by atoms with Crippen LogP contribution in [0.2, 0.25) is 25.7 Å². The molecule has 1 amide bonds. The number of hydrogen-bond donors (Lipinski definition) is 1. The van der Waals surface area contributed by atoms with Crippen LogP contribution < -0.4 is 5.32 Å². The lowest BCUT2D eigenvalue weighted by molar-refractivity contribution is -0.146. The Morgan fingerprint density at radius 2 is 1.87 bits per heavy atom. The molecule has 6 nitrogen and oxygen atoms in total. The first-order valence-electron chi connectivity index (χ1n) is 7.65. The van der Waals surface area contributed by atoms with Crippen molar-refractivity contribution in [2.45, 2.75) is 45.6 Å². The average molecular weight is 343 g/mol. The van der Waals surface area contributed by atoms with Gasteiger partial charge in [-0.15, -0.1) is 0 Å². The molecule has 0 aromatic rings. The van der Waals surface area contributed by atoms with Crippen LogP contribution in [0.4, 0.5) is 4.79 Å². The van der Waals surface area contributed by atoms with Gasteiger partial charge in [0.05, 0.1) is 31.6 Å². The third kappa shape index (κ3) is 7.97. The van der Waals surface area contributed by atoms with Gasteiger partial charge in [-0.3, -0.25) is 4.79 Å². The number of alkyl carbamates (subject to hydrolysis) is 1. The van der Waals surface area contributed by atoms with Crippen molar-refractivity contribution in [2.75, 3.05) is 13.7 Å². The lowest BCUT2D eigenvalue weighted by Crippen LogP contribution is -2.48. The van der Waals surface area contributed by atoms with E-state index in [9.17, 15) is 14.4 Å². The van der Waals surface area contributed by atoms with Gasteiger partial charge in [-0.05, 0) is 19.9 Å². The number of carbonyl (C=O) groups is 3. The van der Waals surface area contributed by atoms with Gasteiger partial charge in [0.25, 0.3) is 0 Å². The molecule has 0 saturated carbocycles. The summed E-state index contributed by atoms with van der Waals surface area (Å²) in [6.45, 7) is 13.9. The van der Waals surface area contributed by atoms with Gasteiger partial charge in [-0.1, -0.05) is 31.8 Å². The summed E-state index contributed by atoms with van der Waals surface area (Å²) >= 11 is 0. The first-order valence-corrected chi connectivity index (χ1v) is 11.4. The molecule has 0 aliphatic heterocycles. The number of amides is 1. The van der Waals surface area contributed by atoms with Crippen LogP contribution in [0, 0.1) is 11.8 Å². The van der Waals surface area contributed by atoms with Crippen LogP contribution in [0.25, 0.3) is 0 Å². The molecule has 0 fully saturated rings. The minimum absolute atomic E-state index is 0.319. The summed E-state index contributed by atoms with van der Waals surface area (Å²) in [5, 5.41) is 2.61. The molecule has 0 radical (unpaired) electrons. The largest absolute Gasteiger partial charge is 0.469 e. The van der Waals surface area contributed by atoms with Crippen LogP contribution in [0.1, 0.15) is 13.8 Å². The fourth-order valence-electron chi connectivity index (χ4n) is 1.99. The molecule has 132 valence electrons. The molecule has 0 heterocycles. The molecule has 0 bridgehead atoms. The van der Waals surface area contributed by atoms with Crippen LogP contribution in [-0.4, -0.2) is 46.2 Å². The van der Waals surface area contributed by atoms with E-state index in [4.69, 9.17) is 9.47 Å². The van der Waals surface area contributed by atoms with E-state index in [1.807, 2.05) is 0 Å². The summed E-state index contributed by atoms with van der Waals surface area (Å²) < 4.78 is 9.88. The SMILES string of the molecule is C=C(C)[C@H](C=O)[C@H](NC(=O)OCC[Si](C)(C)C)[C@@H](C)C(=O)OC. The number of methoxy groups -OCH3 is 1. The van der Waals surface area contributed by atoms with E-state index in [1.165, 1.54) is 7.11 Å². The Kier molecular flexibility index (Phi) is 8.82. The maximum atomic E-state index is 12.0. The van der Waals surface area contributed by atoms with Crippen LogP contribution in [0.5, 0.6) is 0 Å². The Morgan fingerprint density at radius 1 is 1.30 bits per heavy atom. The van der Waals surface area contributed by atoms with Crippen molar-refractivity contribution in [1.82, 2.24) is 5.32 Å². The van der Waals surface area contributed by atoms with Crippen LogP contribution in [0.3, 0.4) is 0 Å². The molecule has 0 aliphatic rings. The van der Waals surface area contributed by atoms with Gasteiger partial charge in [-0.25, -0.2) is 4.79 Å². The molecule has 1 N–H and O–H groups in total.